The van der Waals surface area contributed by atoms with Crippen LogP contribution in [0.2, 0.25) is 0 Å². The fourth-order valence-corrected chi connectivity index (χ4v) is 0.769. The summed E-state index contributed by atoms with van der Waals surface area (Å²) in [5, 5.41) is 8.69. The summed E-state index contributed by atoms with van der Waals surface area (Å²) in [6.07, 6.45) is 0. The van der Waals surface area contributed by atoms with Crippen LogP contribution in [0.4, 0.5) is 0 Å². The Morgan fingerprint density at radius 3 is 1.89 bits per heavy atom. The number of hydrogen-bond acceptors (Lipinski definition) is 1. The highest BCUT2D eigenvalue weighted by molar-refractivity contribution is 5.83. The molecule has 0 radical (unpaired) electrons. The molecule has 0 atom stereocenters. The zero-order valence-corrected chi connectivity index (χ0v) is 5.68. The number of phenols is 1. The molecule has 1 heteroatoms. The van der Waals surface area contributed by atoms with Gasteiger partial charge in [0.15, 0.2) is 0 Å². The summed E-state index contributed by atoms with van der Waals surface area (Å²) in [6.45, 7) is 4.00. The minimum absolute atomic E-state index is 0.442. The molecule has 0 aromatic carbocycles. The SMILES string of the molecule is CC.Oc1cc2ccc1-2. The zero-order valence-electron chi connectivity index (χ0n) is 5.68. The van der Waals surface area contributed by atoms with Gasteiger partial charge in [0.2, 0.25) is 0 Å². The molecule has 1 N–H and O–H groups in total. The molecule has 0 heterocycles. The summed E-state index contributed by atoms with van der Waals surface area (Å²) in [4.78, 5) is 0. The fraction of sp³-hybridized carbons (Fsp3) is 0.250. The molecule has 2 aliphatic carbocycles. The van der Waals surface area contributed by atoms with Crippen molar-refractivity contribution >= 4 is 0 Å². The number of rotatable bonds is 0. The lowest BCUT2D eigenvalue weighted by Gasteiger charge is -2.14. The van der Waals surface area contributed by atoms with Gasteiger partial charge in [0.1, 0.15) is 5.75 Å². The number of benzene rings is 1. The molecule has 9 heavy (non-hydrogen) atoms. The Morgan fingerprint density at radius 2 is 1.89 bits per heavy atom. The normalized spacial score (nSPS) is 9.56. The van der Waals surface area contributed by atoms with Gasteiger partial charge in [0.25, 0.3) is 0 Å². The molecule has 0 bridgehead atoms. The third kappa shape index (κ3) is 0.689. The van der Waals surface area contributed by atoms with Gasteiger partial charge in [0.05, 0.1) is 0 Å². The highest BCUT2D eigenvalue weighted by atomic mass is 16.3. The van der Waals surface area contributed by atoms with Crippen LogP contribution in [0.1, 0.15) is 13.8 Å². The van der Waals surface area contributed by atoms with Crippen molar-refractivity contribution < 1.29 is 5.11 Å². The smallest absolute Gasteiger partial charge is 0.124 e. The lowest BCUT2D eigenvalue weighted by atomic mass is 9.93. The van der Waals surface area contributed by atoms with Gasteiger partial charge in [0, 0.05) is 5.56 Å². The van der Waals surface area contributed by atoms with Crippen molar-refractivity contribution in [2.45, 2.75) is 13.8 Å². The fourth-order valence-electron chi connectivity index (χ4n) is 0.769. The Hall–Kier alpha value is -0.980. The Kier molecular flexibility index (Phi) is 1.43. The van der Waals surface area contributed by atoms with E-state index < -0.39 is 0 Å². The average Bonchev–Trinajstić information content (AvgIpc) is 1.87. The van der Waals surface area contributed by atoms with E-state index >= 15 is 0 Å². The van der Waals surface area contributed by atoms with Crippen LogP contribution in [0, 0.1) is 0 Å². The predicted molar refractivity (Wildman–Crippen MR) is 38.4 cm³/mol. The summed E-state index contributed by atoms with van der Waals surface area (Å²) in [7, 11) is 0. The zero-order chi connectivity index (χ0) is 6.85. The van der Waals surface area contributed by atoms with Crippen molar-refractivity contribution in [2.24, 2.45) is 0 Å². The van der Waals surface area contributed by atoms with Crippen molar-refractivity contribution in [2.75, 3.05) is 0 Å². The second-order valence-electron chi connectivity index (χ2n) is 1.73. The van der Waals surface area contributed by atoms with Gasteiger partial charge >= 0.3 is 0 Å². The Balaban J connectivity index is 0.000000186. The monoisotopic (exact) mass is 122 g/mol. The second-order valence-corrected chi connectivity index (χ2v) is 1.73. The number of aromatic hydroxyl groups is 1. The summed E-state index contributed by atoms with van der Waals surface area (Å²) in [5.41, 5.74) is 2.22. The summed E-state index contributed by atoms with van der Waals surface area (Å²) in [5.74, 6) is 0.442. The van der Waals surface area contributed by atoms with Crippen LogP contribution in [0.3, 0.4) is 0 Å². The van der Waals surface area contributed by atoms with Crippen molar-refractivity contribution in [3.63, 3.8) is 0 Å². The molecule has 48 valence electrons. The first-order chi connectivity index (χ1) is 4.38. The van der Waals surface area contributed by atoms with Gasteiger partial charge < -0.3 is 5.11 Å². The van der Waals surface area contributed by atoms with Crippen LogP contribution >= 0.6 is 0 Å². The maximum atomic E-state index is 8.69. The molecule has 0 fully saturated rings. The summed E-state index contributed by atoms with van der Waals surface area (Å²) < 4.78 is 0. The van der Waals surface area contributed by atoms with E-state index in [4.69, 9.17) is 5.11 Å². The van der Waals surface area contributed by atoms with Gasteiger partial charge in [-0.1, -0.05) is 26.0 Å². The second kappa shape index (κ2) is 2.09. The standard InChI is InChI=1S/C6H4O.C2H6/c7-6-3-4-1-2-5(4)6;1-2/h1-3,7H;1-2H3. The van der Waals surface area contributed by atoms with Crippen LogP contribution in [0.5, 0.6) is 5.75 Å². The highest BCUT2D eigenvalue weighted by Crippen LogP contribution is 2.41. The van der Waals surface area contributed by atoms with E-state index in [2.05, 4.69) is 0 Å². The molecule has 0 unspecified atom stereocenters. The maximum Gasteiger partial charge on any atom is 0.124 e. The minimum atomic E-state index is 0.442. The Bertz CT molecular complexity index is 216. The van der Waals surface area contributed by atoms with Crippen molar-refractivity contribution in [1.29, 1.82) is 0 Å². The topological polar surface area (TPSA) is 20.2 Å². The van der Waals surface area contributed by atoms with E-state index in [9.17, 15) is 0 Å². The largest absolute Gasteiger partial charge is 0.507 e. The van der Waals surface area contributed by atoms with Gasteiger partial charge in [-0.25, -0.2) is 0 Å². The first kappa shape index (κ1) is 6.14. The van der Waals surface area contributed by atoms with Crippen LogP contribution in [-0.4, -0.2) is 5.11 Å². The number of hydrogen-bond donors (Lipinski definition) is 1. The Morgan fingerprint density at radius 1 is 1.22 bits per heavy atom. The van der Waals surface area contributed by atoms with Crippen molar-refractivity contribution in [1.82, 2.24) is 0 Å². The molecule has 0 aromatic heterocycles. The van der Waals surface area contributed by atoms with E-state index in [1.165, 1.54) is 5.56 Å². The quantitative estimate of drug-likeness (QED) is 0.568. The lowest BCUT2D eigenvalue weighted by Crippen LogP contribution is -1.88. The van der Waals surface area contributed by atoms with Crippen molar-refractivity contribution in [3.8, 4) is 16.9 Å². The molecule has 2 aliphatic rings. The molecule has 0 saturated carbocycles. The van der Waals surface area contributed by atoms with Gasteiger partial charge in [-0.15, -0.1) is 0 Å². The third-order valence-electron chi connectivity index (χ3n) is 1.31. The van der Waals surface area contributed by atoms with E-state index in [0.29, 0.717) is 5.75 Å². The minimum Gasteiger partial charge on any atom is -0.507 e. The third-order valence-corrected chi connectivity index (χ3v) is 1.31. The van der Waals surface area contributed by atoms with Crippen LogP contribution in [0.15, 0.2) is 18.2 Å². The molecule has 0 saturated heterocycles. The molecule has 0 spiro atoms. The number of phenolic OH excluding ortho intramolecular Hbond substituents is 1. The maximum absolute atomic E-state index is 8.69. The van der Waals surface area contributed by atoms with Gasteiger partial charge in [-0.2, -0.15) is 0 Å². The molecule has 1 nitrogen and oxygen atoms in total. The van der Waals surface area contributed by atoms with E-state index in [1.807, 2.05) is 26.0 Å². The van der Waals surface area contributed by atoms with Crippen LogP contribution in [0.25, 0.3) is 11.1 Å². The van der Waals surface area contributed by atoms with E-state index in [0.717, 1.165) is 5.56 Å². The predicted octanol–water partition coefficient (Wildman–Crippen LogP) is 2.40. The molecule has 0 aromatic rings. The average molecular weight is 122 g/mol. The van der Waals surface area contributed by atoms with Gasteiger partial charge in [-0.3, -0.25) is 0 Å². The van der Waals surface area contributed by atoms with Crippen LogP contribution < -0.4 is 0 Å². The molecule has 2 rings (SSSR count). The van der Waals surface area contributed by atoms with Crippen LogP contribution in [-0.2, 0) is 0 Å². The van der Waals surface area contributed by atoms with Gasteiger partial charge in [-0.05, 0) is 11.6 Å². The summed E-state index contributed by atoms with van der Waals surface area (Å²) in [6, 6.07) is 5.65. The highest BCUT2D eigenvalue weighted by Gasteiger charge is 2.14. The Labute approximate surface area is 55.0 Å². The first-order valence-electron chi connectivity index (χ1n) is 3.21. The first-order valence-corrected chi connectivity index (χ1v) is 3.21. The summed E-state index contributed by atoms with van der Waals surface area (Å²) >= 11 is 0. The molecule has 0 amide bonds. The van der Waals surface area contributed by atoms with E-state index in [1.54, 1.807) is 6.07 Å². The molecular formula is C8H10O. The molecular weight excluding hydrogens is 112 g/mol. The van der Waals surface area contributed by atoms with E-state index in [-0.39, 0.29) is 0 Å². The molecule has 0 aliphatic heterocycles. The van der Waals surface area contributed by atoms with Crippen molar-refractivity contribution in [3.05, 3.63) is 18.2 Å². The number of fused-ring (bicyclic) bond motifs is 1. The lowest BCUT2D eigenvalue weighted by molar-refractivity contribution is 0.472.